The van der Waals surface area contributed by atoms with E-state index >= 15 is 0 Å². The summed E-state index contributed by atoms with van der Waals surface area (Å²) in [7, 11) is -3.16. The van der Waals surface area contributed by atoms with Gasteiger partial charge in [-0.1, -0.05) is 31.2 Å². The van der Waals surface area contributed by atoms with Gasteiger partial charge >= 0.3 is 0 Å². The molecule has 0 aromatic heterocycles. The van der Waals surface area contributed by atoms with Crippen LogP contribution in [0.15, 0.2) is 48.5 Å². The van der Waals surface area contributed by atoms with Crippen molar-refractivity contribution in [2.45, 2.75) is 32.4 Å². The van der Waals surface area contributed by atoms with Gasteiger partial charge in [0.2, 0.25) is 0 Å². The van der Waals surface area contributed by atoms with Crippen molar-refractivity contribution in [3.63, 3.8) is 0 Å². The maximum atomic E-state index is 13.1. The molecule has 28 heavy (non-hydrogen) atoms. The van der Waals surface area contributed by atoms with Crippen molar-refractivity contribution in [2.75, 3.05) is 11.5 Å². The SMILES string of the molecule is CCc1ccc(CN(C(=O)c2ccc([N+](=O)[O-])cc2)[C@@H]2CCS(=O)(=O)C2)cc1. The lowest BCUT2D eigenvalue weighted by Gasteiger charge is -2.28. The van der Waals surface area contributed by atoms with E-state index in [2.05, 4.69) is 6.92 Å². The summed E-state index contributed by atoms with van der Waals surface area (Å²) in [6, 6.07) is 12.9. The molecule has 1 aliphatic heterocycles. The monoisotopic (exact) mass is 402 g/mol. The molecule has 1 saturated heterocycles. The van der Waals surface area contributed by atoms with Gasteiger partial charge in [-0.15, -0.1) is 0 Å². The highest BCUT2D eigenvalue weighted by molar-refractivity contribution is 7.91. The summed E-state index contributed by atoms with van der Waals surface area (Å²) >= 11 is 0. The number of amides is 1. The molecule has 1 atom stereocenters. The lowest BCUT2D eigenvalue weighted by Crippen LogP contribution is -2.40. The van der Waals surface area contributed by atoms with Crippen molar-refractivity contribution in [1.82, 2.24) is 4.90 Å². The van der Waals surface area contributed by atoms with Gasteiger partial charge < -0.3 is 4.90 Å². The quantitative estimate of drug-likeness (QED) is 0.546. The summed E-state index contributed by atoms with van der Waals surface area (Å²) in [5.74, 6) is -0.313. The smallest absolute Gasteiger partial charge is 0.269 e. The Kier molecular flexibility index (Phi) is 5.79. The molecular formula is C20H22N2O5S. The van der Waals surface area contributed by atoms with Gasteiger partial charge in [-0.2, -0.15) is 0 Å². The van der Waals surface area contributed by atoms with Crippen LogP contribution in [0.1, 0.15) is 34.8 Å². The summed E-state index contributed by atoms with van der Waals surface area (Å²) in [5, 5.41) is 10.8. The Hall–Kier alpha value is -2.74. The lowest BCUT2D eigenvalue weighted by molar-refractivity contribution is -0.384. The third-order valence-corrected chi connectivity index (χ3v) is 6.77. The van der Waals surface area contributed by atoms with Crippen molar-refractivity contribution in [1.29, 1.82) is 0 Å². The lowest BCUT2D eigenvalue weighted by atomic mass is 10.1. The minimum Gasteiger partial charge on any atom is -0.330 e. The number of carbonyl (C=O) groups excluding carboxylic acids is 1. The minimum absolute atomic E-state index is 0.0568. The second kappa shape index (κ2) is 8.10. The van der Waals surface area contributed by atoms with Crippen LogP contribution in [-0.2, 0) is 22.8 Å². The van der Waals surface area contributed by atoms with Gasteiger partial charge in [0.15, 0.2) is 9.84 Å². The van der Waals surface area contributed by atoms with Crippen LogP contribution < -0.4 is 0 Å². The van der Waals surface area contributed by atoms with Gasteiger partial charge in [-0.25, -0.2) is 8.42 Å². The zero-order valence-corrected chi connectivity index (χ0v) is 16.4. The zero-order valence-electron chi connectivity index (χ0n) is 15.6. The number of nitro groups is 1. The Labute approximate surface area is 164 Å². The first-order valence-electron chi connectivity index (χ1n) is 9.13. The van der Waals surface area contributed by atoms with Crippen molar-refractivity contribution >= 4 is 21.4 Å². The first-order chi connectivity index (χ1) is 13.3. The molecule has 0 saturated carbocycles. The molecule has 0 N–H and O–H groups in total. The standard InChI is InChI=1S/C20H22N2O5S/c1-2-15-3-5-16(6-4-15)13-21(19-11-12-28(26,27)14-19)20(23)17-7-9-18(10-8-17)22(24)25/h3-10,19H,2,11-14H2,1H3/t19-/m1/s1. The second-order valence-electron chi connectivity index (χ2n) is 6.96. The van der Waals surface area contributed by atoms with Gasteiger partial charge in [-0.05, 0) is 36.1 Å². The van der Waals surface area contributed by atoms with Crippen LogP contribution in [0.2, 0.25) is 0 Å². The number of hydrogen-bond donors (Lipinski definition) is 0. The van der Waals surface area contributed by atoms with Crippen molar-refractivity contribution in [2.24, 2.45) is 0 Å². The van der Waals surface area contributed by atoms with E-state index in [1.54, 1.807) is 4.90 Å². The Balaban J connectivity index is 1.88. The number of carbonyl (C=O) groups is 1. The Bertz CT molecular complexity index is 969. The van der Waals surface area contributed by atoms with Gasteiger partial charge in [0.05, 0.1) is 16.4 Å². The molecule has 7 nitrogen and oxygen atoms in total. The Morgan fingerprint density at radius 1 is 1.11 bits per heavy atom. The van der Waals surface area contributed by atoms with Gasteiger partial charge in [0.1, 0.15) is 0 Å². The van der Waals surface area contributed by atoms with E-state index in [4.69, 9.17) is 0 Å². The Morgan fingerprint density at radius 2 is 1.71 bits per heavy atom. The average molecular weight is 402 g/mol. The summed E-state index contributed by atoms with van der Waals surface area (Å²) in [5.41, 5.74) is 2.30. The van der Waals surface area contributed by atoms with Crippen LogP contribution in [0.4, 0.5) is 5.69 Å². The van der Waals surface area contributed by atoms with Crippen molar-refractivity contribution in [3.8, 4) is 0 Å². The molecule has 3 rings (SSSR count). The molecule has 2 aromatic rings. The number of aryl methyl sites for hydroxylation is 1. The minimum atomic E-state index is -3.16. The molecule has 0 radical (unpaired) electrons. The molecule has 0 aliphatic carbocycles. The first kappa shape index (κ1) is 20.0. The predicted octanol–water partition coefficient (Wildman–Crippen LogP) is 2.99. The van der Waals surface area contributed by atoms with Crippen LogP contribution in [-0.4, -0.2) is 41.7 Å². The topological polar surface area (TPSA) is 97.6 Å². The number of sulfone groups is 1. The fourth-order valence-corrected chi connectivity index (χ4v) is 5.09. The zero-order chi connectivity index (χ0) is 20.3. The largest absolute Gasteiger partial charge is 0.330 e. The van der Waals surface area contributed by atoms with E-state index in [9.17, 15) is 23.3 Å². The van der Waals surface area contributed by atoms with Crippen LogP contribution in [0, 0.1) is 10.1 Å². The predicted molar refractivity (Wildman–Crippen MR) is 106 cm³/mol. The van der Waals surface area contributed by atoms with Crippen LogP contribution >= 0.6 is 0 Å². The first-order valence-corrected chi connectivity index (χ1v) is 10.9. The molecule has 1 fully saturated rings. The number of hydrogen-bond acceptors (Lipinski definition) is 5. The van der Waals surface area contributed by atoms with Gasteiger partial charge in [0, 0.05) is 30.3 Å². The highest BCUT2D eigenvalue weighted by Crippen LogP contribution is 2.23. The number of rotatable bonds is 6. The third kappa shape index (κ3) is 4.56. The number of benzene rings is 2. The molecule has 0 spiro atoms. The highest BCUT2D eigenvalue weighted by atomic mass is 32.2. The van der Waals surface area contributed by atoms with E-state index in [0.29, 0.717) is 18.5 Å². The van der Waals surface area contributed by atoms with Crippen LogP contribution in [0.5, 0.6) is 0 Å². The number of nitro benzene ring substituents is 1. The molecule has 2 aromatic carbocycles. The van der Waals surface area contributed by atoms with Crippen molar-refractivity contribution in [3.05, 3.63) is 75.3 Å². The normalized spacial score (nSPS) is 18.0. The maximum absolute atomic E-state index is 13.1. The molecule has 148 valence electrons. The molecule has 0 unspecified atom stereocenters. The van der Waals surface area contributed by atoms with Gasteiger partial charge in [-0.3, -0.25) is 14.9 Å². The molecule has 1 aliphatic rings. The van der Waals surface area contributed by atoms with Gasteiger partial charge in [0.25, 0.3) is 11.6 Å². The van der Waals surface area contributed by atoms with E-state index in [1.165, 1.54) is 29.8 Å². The average Bonchev–Trinajstić information content (AvgIpc) is 3.05. The summed E-state index contributed by atoms with van der Waals surface area (Å²) < 4.78 is 23.9. The number of nitrogens with zero attached hydrogens (tertiary/aromatic N) is 2. The Morgan fingerprint density at radius 3 is 2.21 bits per heavy atom. The third-order valence-electron chi connectivity index (χ3n) is 5.02. The summed E-state index contributed by atoms with van der Waals surface area (Å²) in [6.45, 7) is 2.35. The van der Waals surface area contributed by atoms with E-state index < -0.39 is 20.8 Å². The highest BCUT2D eigenvalue weighted by Gasteiger charge is 2.35. The fraction of sp³-hybridized carbons (Fsp3) is 0.350. The van der Waals surface area contributed by atoms with Crippen LogP contribution in [0.3, 0.4) is 0 Å². The maximum Gasteiger partial charge on any atom is 0.269 e. The second-order valence-corrected chi connectivity index (χ2v) is 9.19. The van der Waals surface area contributed by atoms with E-state index in [-0.39, 0.29) is 23.1 Å². The van der Waals surface area contributed by atoms with Crippen LogP contribution in [0.25, 0.3) is 0 Å². The summed E-state index contributed by atoms with van der Waals surface area (Å²) in [4.78, 5) is 25.0. The number of non-ortho nitro benzene ring substituents is 1. The van der Waals surface area contributed by atoms with E-state index in [0.717, 1.165) is 12.0 Å². The summed E-state index contributed by atoms with van der Waals surface area (Å²) in [6.07, 6.45) is 1.31. The molecule has 0 bridgehead atoms. The van der Waals surface area contributed by atoms with E-state index in [1.807, 2.05) is 24.3 Å². The molecule has 8 heteroatoms. The molecule has 1 heterocycles. The van der Waals surface area contributed by atoms with Crippen molar-refractivity contribution < 1.29 is 18.1 Å². The molecular weight excluding hydrogens is 380 g/mol. The fourth-order valence-electron chi connectivity index (χ4n) is 3.36. The molecule has 1 amide bonds.